The number of ether oxygens (including phenoxy) is 1. The number of aromatic nitrogens is 2. The summed E-state index contributed by atoms with van der Waals surface area (Å²) < 4.78 is 5.80. The predicted molar refractivity (Wildman–Crippen MR) is 88.2 cm³/mol. The van der Waals surface area contributed by atoms with Gasteiger partial charge in [0.05, 0.1) is 11.5 Å². The molecule has 2 N–H and O–H groups in total. The van der Waals surface area contributed by atoms with Crippen LogP contribution in [0.15, 0.2) is 11.4 Å². The molecular weight excluding hydrogens is 284 g/mol. The van der Waals surface area contributed by atoms with Gasteiger partial charge in [0.1, 0.15) is 10.6 Å². The molecule has 5 nitrogen and oxygen atoms in total. The van der Waals surface area contributed by atoms with Crippen molar-refractivity contribution < 1.29 is 4.74 Å². The zero-order chi connectivity index (χ0) is 15.0. The molecule has 1 aliphatic rings. The van der Waals surface area contributed by atoms with Crippen LogP contribution in [0, 0.1) is 5.41 Å². The van der Waals surface area contributed by atoms with E-state index in [1.54, 1.807) is 11.3 Å². The van der Waals surface area contributed by atoms with Gasteiger partial charge in [-0.1, -0.05) is 13.8 Å². The van der Waals surface area contributed by atoms with Gasteiger partial charge in [-0.25, -0.2) is 4.98 Å². The molecule has 0 radical (unpaired) electrons. The fourth-order valence-electron chi connectivity index (χ4n) is 2.86. The molecule has 2 aromatic heterocycles. The molecule has 2 unspecified atom stereocenters. The second-order valence-electron chi connectivity index (χ2n) is 5.98. The average Bonchev–Trinajstić information content (AvgIpc) is 2.94. The lowest BCUT2D eigenvalue weighted by atomic mass is 9.64. The number of nitrogens with zero attached hydrogens (tertiary/aromatic N) is 2. The Bertz CT molecular complexity index is 640. The Balaban J connectivity index is 1.84. The van der Waals surface area contributed by atoms with Gasteiger partial charge in [0.15, 0.2) is 0 Å². The van der Waals surface area contributed by atoms with Crippen molar-refractivity contribution in [3.8, 4) is 0 Å². The zero-order valence-corrected chi connectivity index (χ0v) is 13.8. The molecule has 6 heteroatoms. The van der Waals surface area contributed by atoms with Crippen molar-refractivity contribution in [3.05, 3.63) is 11.4 Å². The number of thiophene rings is 1. The number of nitrogens with one attached hydrogen (secondary N) is 2. The van der Waals surface area contributed by atoms with Gasteiger partial charge in [-0.15, -0.1) is 11.3 Å². The van der Waals surface area contributed by atoms with Crippen LogP contribution in [-0.4, -0.2) is 35.8 Å². The summed E-state index contributed by atoms with van der Waals surface area (Å²) in [7, 11) is 1.84. The lowest BCUT2D eigenvalue weighted by Gasteiger charge is -2.51. The molecule has 0 saturated heterocycles. The van der Waals surface area contributed by atoms with Gasteiger partial charge >= 0.3 is 0 Å². The van der Waals surface area contributed by atoms with Crippen molar-refractivity contribution >= 4 is 33.3 Å². The lowest BCUT2D eigenvalue weighted by Crippen LogP contribution is -2.58. The minimum Gasteiger partial charge on any atom is -0.378 e. The highest BCUT2D eigenvalue weighted by Gasteiger charge is 2.49. The van der Waals surface area contributed by atoms with E-state index in [0.717, 1.165) is 29.1 Å². The van der Waals surface area contributed by atoms with E-state index in [2.05, 4.69) is 52.8 Å². The van der Waals surface area contributed by atoms with Gasteiger partial charge < -0.3 is 15.4 Å². The normalized spacial score (nSPS) is 23.8. The summed E-state index contributed by atoms with van der Waals surface area (Å²) in [4.78, 5) is 10.1. The van der Waals surface area contributed by atoms with E-state index in [-0.39, 0.29) is 5.41 Å². The smallest absolute Gasteiger partial charge is 0.225 e. The second-order valence-corrected chi connectivity index (χ2v) is 6.88. The van der Waals surface area contributed by atoms with Crippen LogP contribution in [0.1, 0.15) is 27.2 Å². The van der Waals surface area contributed by atoms with Gasteiger partial charge in [-0.05, 0) is 24.8 Å². The van der Waals surface area contributed by atoms with Crippen molar-refractivity contribution in [2.45, 2.75) is 39.3 Å². The maximum Gasteiger partial charge on any atom is 0.225 e. The summed E-state index contributed by atoms with van der Waals surface area (Å²) in [5.41, 5.74) is 0.114. The molecule has 1 fully saturated rings. The van der Waals surface area contributed by atoms with Crippen LogP contribution in [0.2, 0.25) is 0 Å². The number of hydrogen-bond donors (Lipinski definition) is 2. The van der Waals surface area contributed by atoms with Crippen molar-refractivity contribution in [2.24, 2.45) is 5.41 Å². The highest BCUT2D eigenvalue weighted by atomic mass is 32.1. The summed E-state index contributed by atoms with van der Waals surface area (Å²) in [6.45, 7) is 7.32. The molecule has 1 saturated carbocycles. The summed E-state index contributed by atoms with van der Waals surface area (Å²) in [5.74, 6) is 1.57. The standard InChI is InChI=1S/C15H22N4OS/c1-5-20-11-8-10(15(11,2)3)17-12-9-6-7-21-13(9)19-14(16-4)18-12/h6-7,10-11H,5,8H2,1-4H3,(H2,16,17,18,19). The van der Waals surface area contributed by atoms with Gasteiger partial charge in [0, 0.05) is 25.1 Å². The monoisotopic (exact) mass is 306 g/mol. The first-order valence-corrected chi connectivity index (χ1v) is 8.25. The summed E-state index contributed by atoms with van der Waals surface area (Å²) in [6.07, 6.45) is 1.34. The van der Waals surface area contributed by atoms with Crippen LogP contribution in [0.25, 0.3) is 10.2 Å². The third kappa shape index (κ3) is 2.46. The maximum absolute atomic E-state index is 5.80. The molecule has 2 aromatic rings. The first kappa shape index (κ1) is 14.5. The van der Waals surface area contributed by atoms with E-state index < -0.39 is 0 Å². The van der Waals surface area contributed by atoms with Crippen LogP contribution >= 0.6 is 11.3 Å². The lowest BCUT2D eigenvalue weighted by molar-refractivity contribution is -0.0976. The zero-order valence-electron chi connectivity index (χ0n) is 12.9. The van der Waals surface area contributed by atoms with Crippen LogP contribution in [0.4, 0.5) is 11.8 Å². The van der Waals surface area contributed by atoms with Crippen LogP contribution < -0.4 is 10.6 Å². The van der Waals surface area contributed by atoms with Gasteiger partial charge in [0.2, 0.25) is 5.95 Å². The predicted octanol–water partition coefficient (Wildman–Crippen LogP) is 3.35. The van der Waals surface area contributed by atoms with E-state index in [0.29, 0.717) is 18.1 Å². The van der Waals surface area contributed by atoms with Crippen LogP contribution in [0.5, 0.6) is 0 Å². The quantitative estimate of drug-likeness (QED) is 0.887. The Labute approximate surface area is 129 Å². The molecule has 2 atom stereocenters. The third-order valence-electron chi connectivity index (χ3n) is 4.41. The number of anilines is 2. The van der Waals surface area contributed by atoms with Gasteiger partial charge in [0.25, 0.3) is 0 Å². The van der Waals surface area contributed by atoms with E-state index in [9.17, 15) is 0 Å². The molecule has 114 valence electrons. The highest BCUT2D eigenvalue weighted by Crippen LogP contribution is 2.44. The number of rotatable bonds is 5. The van der Waals surface area contributed by atoms with Crippen molar-refractivity contribution in [2.75, 3.05) is 24.3 Å². The van der Waals surface area contributed by atoms with Crippen LogP contribution in [-0.2, 0) is 4.74 Å². The summed E-state index contributed by atoms with van der Waals surface area (Å²) >= 11 is 1.64. The molecule has 0 spiro atoms. The number of hydrogen-bond acceptors (Lipinski definition) is 6. The van der Waals surface area contributed by atoms with Crippen LogP contribution in [0.3, 0.4) is 0 Å². The topological polar surface area (TPSA) is 59.1 Å². The van der Waals surface area contributed by atoms with E-state index in [1.165, 1.54) is 0 Å². The SMILES string of the molecule is CCOC1CC(Nc2nc(NC)nc3sccc23)C1(C)C. The summed E-state index contributed by atoms with van der Waals surface area (Å²) in [6, 6.07) is 2.45. The molecule has 0 amide bonds. The van der Waals surface area contributed by atoms with E-state index in [4.69, 9.17) is 4.74 Å². The average molecular weight is 306 g/mol. The molecule has 1 aliphatic carbocycles. The second kappa shape index (κ2) is 5.42. The minimum atomic E-state index is 0.114. The Morgan fingerprint density at radius 1 is 1.43 bits per heavy atom. The Kier molecular flexibility index (Phi) is 3.75. The third-order valence-corrected chi connectivity index (χ3v) is 5.21. The molecule has 0 bridgehead atoms. The van der Waals surface area contributed by atoms with Gasteiger partial charge in [-0.2, -0.15) is 4.98 Å². The molecule has 0 aliphatic heterocycles. The Morgan fingerprint density at radius 2 is 2.24 bits per heavy atom. The van der Waals surface area contributed by atoms with E-state index >= 15 is 0 Å². The largest absolute Gasteiger partial charge is 0.378 e. The fourth-order valence-corrected chi connectivity index (χ4v) is 3.62. The molecule has 3 rings (SSSR count). The molecule has 2 heterocycles. The molecular formula is C15H22N4OS. The minimum absolute atomic E-state index is 0.114. The van der Waals surface area contributed by atoms with Crippen molar-refractivity contribution in [1.29, 1.82) is 0 Å². The molecule has 0 aromatic carbocycles. The van der Waals surface area contributed by atoms with E-state index in [1.807, 2.05) is 7.05 Å². The Hall–Kier alpha value is -1.40. The molecule has 21 heavy (non-hydrogen) atoms. The Morgan fingerprint density at radius 3 is 2.90 bits per heavy atom. The van der Waals surface area contributed by atoms with Gasteiger partial charge in [-0.3, -0.25) is 0 Å². The maximum atomic E-state index is 5.80. The first-order chi connectivity index (χ1) is 10.1. The number of fused-ring (bicyclic) bond motifs is 1. The summed E-state index contributed by atoms with van der Waals surface area (Å²) in [5, 5.41) is 9.77. The first-order valence-electron chi connectivity index (χ1n) is 7.37. The highest BCUT2D eigenvalue weighted by molar-refractivity contribution is 7.16. The fraction of sp³-hybridized carbons (Fsp3) is 0.600. The van der Waals surface area contributed by atoms with Crippen molar-refractivity contribution in [1.82, 2.24) is 9.97 Å². The van der Waals surface area contributed by atoms with Crippen molar-refractivity contribution in [3.63, 3.8) is 0 Å².